The molecule has 0 unspecified atom stereocenters. The van der Waals surface area contributed by atoms with E-state index in [4.69, 9.17) is 9.47 Å². The van der Waals surface area contributed by atoms with Crippen LogP contribution in [0.25, 0.3) is 11.8 Å². The summed E-state index contributed by atoms with van der Waals surface area (Å²) in [5.74, 6) is 0.948. The topological polar surface area (TPSA) is 65.4 Å². The molecule has 2 aromatic carbocycles. The molecule has 1 amide bonds. The summed E-state index contributed by atoms with van der Waals surface area (Å²) >= 11 is 0. The minimum Gasteiger partial charge on any atom is -0.497 e. The fourth-order valence-corrected chi connectivity index (χ4v) is 2.96. The lowest BCUT2D eigenvalue weighted by Gasteiger charge is -2.07. The van der Waals surface area contributed by atoms with Crippen molar-refractivity contribution in [3.8, 4) is 17.2 Å². The van der Waals surface area contributed by atoms with Crippen LogP contribution < -0.4 is 14.8 Å². The lowest BCUT2D eigenvalue weighted by molar-refractivity contribution is -0.116. The van der Waals surface area contributed by atoms with E-state index in [9.17, 15) is 9.18 Å². The smallest absolute Gasteiger partial charge is 0.244 e. The average Bonchev–Trinajstić information content (AvgIpc) is 3.04. The standard InChI is InChI=1S/C23H24FN3O3/c1-16-22(17(2)27(26-16)19-6-4-18(24)5-7-19)12-13-23(28)25-14-15-30-21-10-8-20(29-3)9-11-21/h4-13H,14-15H2,1-3H3,(H,25,28)/b13-12+. The van der Waals surface area contributed by atoms with Gasteiger partial charge in [0.1, 0.15) is 23.9 Å². The second-order valence-electron chi connectivity index (χ2n) is 6.62. The first-order valence-electron chi connectivity index (χ1n) is 9.53. The lowest BCUT2D eigenvalue weighted by atomic mass is 10.2. The summed E-state index contributed by atoms with van der Waals surface area (Å²) in [4.78, 5) is 12.1. The molecule has 6 nitrogen and oxygen atoms in total. The molecule has 7 heteroatoms. The summed E-state index contributed by atoms with van der Waals surface area (Å²) in [6.45, 7) is 4.51. The SMILES string of the molecule is COc1ccc(OCCNC(=O)/C=C/c2c(C)nn(-c3ccc(F)cc3)c2C)cc1. The van der Waals surface area contributed by atoms with Gasteiger partial charge < -0.3 is 14.8 Å². The van der Waals surface area contributed by atoms with E-state index in [1.165, 1.54) is 18.2 Å². The fraction of sp³-hybridized carbons (Fsp3) is 0.217. The number of hydrogen-bond acceptors (Lipinski definition) is 4. The third-order valence-electron chi connectivity index (χ3n) is 4.55. The highest BCUT2D eigenvalue weighted by atomic mass is 19.1. The van der Waals surface area contributed by atoms with E-state index >= 15 is 0 Å². The van der Waals surface area contributed by atoms with Crippen molar-refractivity contribution in [2.45, 2.75) is 13.8 Å². The molecule has 30 heavy (non-hydrogen) atoms. The van der Waals surface area contributed by atoms with E-state index < -0.39 is 0 Å². The number of nitrogens with one attached hydrogen (secondary N) is 1. The van der Waals surface area contributed by atoms with Crippen LogP contribution in [-0.4, -0.2) is 35.9 Å². The average molecular weight is 409 g/mol. The van der Waals surface area contributed by atoms with E-state index in [1.807, 2.05) is 38.1 Å². The zero-order valence-corrected chi connectivity index (χ0v) is 17.2. The van der Waals surface area contributed by atoms with Crippen molar-refractivity contribution in [2.75, 3.05) is 20.3 Å². The van der Waals surface area contributed by atoms with Gasteiger partial charge in [-0.25, -0.2) is 9.07 Å². The molecule has 1 aromatic heterocycles. The predicted octanol–water partition coefficient (Wildman–Crippen LogP) is 3.85. The number of aryl methyl sites for hydroxylation is 1. The van der Waals surface area contributed by atoms with Crippen molar-refractivity contribution in [1.82, 2.24) is 15.1 Å². The Morgan fingerprint density at radius 1 is 1.10 bits per heavy atom. The summed E-state index contributed by atoms with van der Waals surface area (Å²) in [5, 5.41) is 7.28. The molecular formula is C23H24FN3O3. The molecule has 156 valence electrons. The molecule has 0 aliphatic rings. The van der Waals surface area contributed by atoms with Gasteiger partial charge in [-0.2, -0.15) is 5.10 Å². The number of hydrogen-bond donors (Lipinski definition) is 1. The molecule has 1 N–H and O–H groups in total. The first-order chi connectivity index (χ1) is 14.5. The Bertz CT molecular complexity index is 1030. The van der Waals surface area contributed by atoms with Gasteiger partial charge >= 0.3 is 0 Å². The normalized spacial score (nSPS) is 10.9. The van der Waals surface area contributed by atoms with E-state index in [1.54, 1.807) is 30.0 Å². The monoisotopic (exact) mass is 409 g/mol. The number of rotatable bonds is 8. The third-order valence-corrected chi connectivity index (χ3v) is 4.55. The molecule has 0 aliphatic carbocycles. The molecular weight excluding hydrogens is 385 g/mol. The van der Waals surface area contributed by atoms with Crippen LogP contribution in [0, 0.1) is 19.7 Å². The zero-order chi connectivity index (χ0) is 21.5. The summed E-state index contributed by atoms with van der Waals surface area (Å²) < 4.78 is 25.6. The van der Waals surface area contributed by atoms with E-state index in [-0.39, 0.29) is 11.7 Å². The molecule has 0 saturated heterocycles. The van der Waals surface area contributed by atoms with Gasteiger partial charge in [0.25, 0.3) is 0 Å². The summed E-state index contributed by atoms with van der Waals surface area (Å²) in [6, 6.07) is 13.4. The van der Waals surface area contributed by atoms with Crippen LogP contribution in [0.5, 0.6) is 11.5 Å². The van der Waals surface area contributed by atoms with Gasteiger partial charge in [-0.05, 0) is 68.5 Å². The number of aromatic nitrogens is 2. The van der Waals surface area contributed by atoms with Crippen molar-refractivity contribution in [2.24, 2.45) is 0 Å². The number of ether oxygens (including phenoxy) is 2. The number of halogens is 1. The molecule has 0 bridgehead atoms. The molecule has 0 atom stereocenters. The first kappa shape index (κ1) is 21.1. The van der Waals surface area contributed by atoms with Gasteiger partial charge in [-0.3, -0.25) is 4.79 Å². The Hall–Kier alpha value is -3.61. The van der Waals surface area contributed by atoms with Crippen molar-refractivity contribution in [3.05, 3.63) is 77.4 Å². The van der Waals surface area contributed by atoms with Crippen molar-refractivity contribution >= 4 is 12.0 Å². The Balaban J connectivity index is 1.53. The zero-order valence-electron chi connectivity index (χ0n) is 17.2. The lowest BCUT2D eigenvalue weighted by Crippen LogP contribution is -2.26. The quantitative estimate of drug-likeness (QED) is 0.453. The minimum atomic E-state index is -0.298. The Morgan fingerprint density at radius 3 is 2.43 bits per heavy atom. The molecule has 3 aromatic rings. The Kier molecular flexibility index (Phi) is 6.85. The number of nitrogens with zero attached hydrogens (tertiary/aromatic N) is 2. The molecule has 0 spiro atoms. The van der Waals surface area contributed by atoms with Gasteiger partial charge in [0.05, 0.1) is 25.0 Å². The highest BCUT2D eigenvalue weighted by Crippen LogP contribution is 2.19. The van der Waals surface area contributed by atoms with E-state index in [2.05, 4.69) is 10.4 Å². The number of benzene rings is 2. The highest BCUT2D eigenvalue weighted by Gasteiger charge is 2.11. The summed E-state index contributed by atoms with van der Waals surface area (Å²) in [5.41, 5.74) is 3.26. The van der Waals surface area contributed by atoms with Crippen molar-refractivity contribution in [3.63, 3.8) is 0 Å². The van der Waals surface area contributed by atoms with Crippen LogP contribution >= 0.6 is 0 Å². The second kappa shape index (κ2) is 9.73. The van der Waals surface area contributed by atoms with Crippen LogP contribution in [0.1, 0.15) is 17.0 Å². The molecule has 0 aliphatic heterocycles. The van der Waals surface area contributed by atoms with Gasteiger partial charge in [-0.15, -0.1) is 0 Å². The third kappa shape index (κ3) is 5.26. The Labute approximate surface area is 174 Å². The summed E-state index contributed by atoms with van der Waals surface area (Å²) in [6.07, 6.45) is 3.21. The first-order valence-corrected chi connectivity index (χ1v) is 9.53. The van der Waals surface area contributed by atoms with Crippen LogP contribution in [0.15, 0.2) is 54.6 Å². The van der Waals surface area contributed by atoms with Crippen LogP contribution in [-0.2, 0) is 4.79 Å². The van der Waals surface area contributed by atoms with E-state index in [0.717, 1.165) is 28.4 Å². The molecule has 0 radical (unpaired) electrons. The second-order valence-corrected chi connectivity index (χ2v) is 6.62. The summed E-state index contributed by atoms with van der Waals surface area (Å²) in [7, 11) is 1.61. The predicted molar refractivity (Wildman–Crippen MR) is 114 cm³/mol. The van der Waals surface area contributed by atoms with Gasteiger partial charge in [0, 0.05) is 17.3 Å². The molecule has 1 heterocycles. The van der Waals surface area contributed by atoms with E-state index in [0.29, 0.717) is 18.9 Å². The molecule has 0 saturated carbocycles. The Morgan fingerprint density at radius 2 is 1.77 bits per heavy atom. The highest BCUT2D eigenvalue weighted by molar-refractivity contribution is 5.92. The number of amides is 1. The molecule has 3 rings (SSSR count). The van der Waals surface area contributed by atoms with Gasteiger partial charge in [-0.1, -0.05) is 0 Å². The van der Waals surface area contributed by atoms with Gasteiger partial charge in [0.2, 0.25) is 5.91 Å². The maximum Gasteiger partial charge on any atom is 0.244 e. The van der Waals surface area contributed by atoms with Crippen LogP contribution in [0.2, 0.25) is 0 Å². The maximum absolute atomic E-state index is 13.2. The fourth-order valence-electron chi connectivity index (χ4n) is 2.96. The maximum atomic E-state index is 13.2. The van der Waals surface area contributed by atoms with Crippen LogP contribution in [0.3, 0.4) is 0 Å². The molecule has 0 fully saturated rings. The number of carbonyl (C=O) groups is 1. The van der Waals surface area contributed by atoms with Gasteiger partial charge in [0.15, 0.2) is 0 Å². The minimum absolute atomic E-state index is 0.221. The van der Waals surface area contributed by atoms with Crippen LogP contribution in [0.4, 0.5) is 4.39 Å². The largest absolute Gasteiger partial charge is 0.497 e. The van der Waals surface area contributed by atoms with Crippen molar-refractivity contribution < 1.29 is 18.7 Å². The number of methoxy groups -OCH3 is 1. The number of carbonyl (C=O) groups excluding carboxylic acids is 1. The van der Waals surface area contributed by atoms with Crippen molar-refractivity contribution in [1.29, 1.82) is 0 Å².